The molecular formula is C5H11LiO2. The molecule has 0 aliphatic carbocycles. The molecule has 0 amide bonds. The predicted molar refractivity (Wildman–Crippen MR) is 33.2 cm³/mol. The Morgan fingerprint density at radius 1 is 1.62 bits per heavy atom. The summed E-state index contributed by atoms with van der Waals surface area (Å²) in [5, 5.41) is 8.44. The van der Waals surface area contributed by atoms with E-state index in [4.69, 9.17) is 9.84 Å². The van der Waals surface area contributed by atoms with Gasteiger partial charge in [-0.3, -0.25) is 0 Å². The van der Waals surface area contributed by atoms with Crippen molar-refractivity contribution in [3.63, 3.8) is 0 Å². The second kappa shape index (κ2) is 4.40. The van der Waals surface area contributed by atoms with Crippen LogP contribution in [0.1, 0.15) is 12.8 Å². The summed E-state index contributed by atoms with van der Waals surface area (Å²) in [5.41, 5.74) is 0. The van der Waals surface area contributed by atoms with Crippen LogP contribution in [-0.2, 0) is 4.74 Å². The first-order chi connectivity index (χ1) is 3.43. The Kier molecular flexibility index (Phi) is 4.69. The van der Waals surface area contributed by atoms with Crippen molar-refractivity contribution in [2.75, 3.05) is 13.2 Å². The third kappa shape index (κ3) is 2.19. The quantitative estimate of drug-likeness (QED) is 0.461. The van der Waals surface area contributed by atoms with Gasteiger partial charge in [-0.05, 0) is 12.8 Å². The van der Waals surface area contributed by atoms with Crippen LogP contribution in [0.15, 0.2) is 0 Å². The van der Waals surface area contributed by atoms with Crippen LogP contribution in [0.5, 0.6) is 0 Å². The first kappa shape index (κ1) is 8.52. The van der Waals surface area contributed by atoms with Gasteiger partial charge in [0, 0.05) is 6.61 Å². The topological polar surface area (TPSA) is 29.5 Å². The van der Waals surface area contributed by atoms with Crippen molar-refractivity contribution >= 4 is 18.9 Å². The molecule has 0 aromatic carbocycles. The summed E-state index contributed by atoms with van der Waals surface area (Å²) in [6, 6.07) is 0. The van der Waals surface area contributed by atoms with E-state index >= 15 is 0 Å². The Balaban J connectivity index is 0.000000490. The summed E-state index contributed by atoms with van der Waals surface area (Å²) in [4.78, 5) is 0. The van der Waals surface area contributed by atoms with Crippen molar-refractivity contribution in [3.8, 4) is 0 Å². The van der Waals surface area contributed by atoms with E-state index in [-0.39, 0.29) is 31.6 Å². The van der Waals surface area contributed by atoms with Gasteiger partial charge in [-0.25, -0.2) is 0 Å². The molecule has 0 saturated carbocycles. The van der Waals surface area contributed by atoms with Crippen LogP contribution in [-0.4, -0.2) is 43.3 Å². The molecule has 1 fully saturated rings. The average Bonchev–Trinajstić information content (AvgIpc) is 2.14. The van der Waals surface area contributed by atoms with Gasteiger partial charge in [-0.1, -0.05) is 0 Å². The van der Waals surface area contributed by atoms with Crippen molar-refractivity contribution in [1.82, 2.24) is 0 Å². The van der Waals surface area contributed by atoms with Crippen LogP contribution in [0.25, 0.3) is 0 Å². The van der Waals surface area contributed by atoms with Gasteiger partial charge in [0.25, 0.3) is 0 Å². The first-order valence-corrected chi connectivity index (χ1v) is 2.66. The van der Waals surface area contributed by atoms with Crippen molar-refractivity contribution in [2.24, 2.45) is 0 Å². The van der Waals surface area contributed by atoms with Crippen LogP contribution in [0.4, 0.5) is 0 Å². The fourth-order valence-corrected chi connectivity index (χ4v) is 0.788. The number of ether oxygens (including phenoxy) is 1. The van der Waals surface area contributed by atoms with E-state index in [1.54, 1.807) is 0 Å². The molecule has 2 nitrogen and oxygen atoms in total. The van der Waals surface area contributed by atoms with Crippen molar-refractivity contribution < 1.29 is 9.84 Å². The average molecular weight is 110 g/mol. The molecule has 1 aliphatic rings. The summed E-state index contributed by atoms with van der Waals surface area (Å²) in [6.45, 7) is 1.03. The molecule has 1 N–H and O–H groups in total. The summed E-state index contributed by atoms with van der Waals surface area (Å²) < 4.78 is 5.05. The van der Waals surface area contributed by atoms with Gasteiger partial charge in [0.1, 0.15) is 0 Å². The summed E-state index contributed by atoms with van der Waals surface area (Å²) in [7, 11) is 0. The molecule has 1 aliphatic heterocycles. The van der Waals surface area contributed by atoms with Gasteiger partial charge in [-0.2, -0.15) is 0 Å². The SMILES string of the molecule is OCC1CCCO1.[LiH]. The molecule has 8 heavy (non-hydrogen) atoms. The molecule has 1 saturated heterocycles. The van der Waals surface area contributed by atoms with E-state index < -0.39 is 0 Å². The number of hydrogen-bond donors (Lipinski definition) is 1. The molecule has 0 aromatic heterocycles. The van der Waals surface area contributed by atoms with Crippen LogP contribution < -0.4 is 0 Å². The fourth-order valence-electron chi connectivity index (χ4n) is 0.788. The van der Waals surface area contributed by atoms with Gasteiger partial charge in [0.2, 0.25) is 0 Å². The molecule has 0 aromatic rings. The molecule has 0 spiro atoms. The van der Waals surface area contributed by atoms with E-state index in [1.807, 2.05) is 0 Å². The second-order valence-corrected chi connectivity index (χ2v) is 1.82. The van der Waals surface area contributed by atoms with Gasteiger partial charge in [-0.15, -0.1) is 0 Å². The molecule has 1 atom stereocenters. The maximum atomic E-state index is 8.44. The summed E-state index contributed by atoms with van der Waals surface area (Å²) in [5.74, 6) is 0. The minimum absolute atomic E-state index is 0. The molecule has 3 heteroatoms. The van der Waals surface area contributed by atoms with Gasteiger partial charge < -0.3 is 9.84 Å². The third-order valence-electron chi connectivity index (χ3n) is 1.23. The van der Waals surface area contributed by atoms with Crippen molar-refractivity contribution in [2.45, 2.75) is 18.9 Å². The van der Waals surface area contributed by atoms with Gasteiger partial charge in [0.05, 0.1) is 12.7 Å². The third-order valence-corrected chi connectivity index (χ3v) is 1.23. The minimum atomic E-state index is 0. The normalized spacial score (nSPS) is 27.4. The number of hydrogen-bond acceptors (Lipinski definition) is 2. The standard InChI is InChI=1S/C5H10O2.Li.H/c6-4-5-2-1-3-7-5;;/h5-6H,1-4H2;;. The monoisotopic (exact) mass is 110 g/mol. The Morgan fingerprint density at radius 2 is 2.38 bits per heavy atom. The van der Waals surface area contributed by atoms with Crippen LogP contribution in [0, 0.1) is 0 Å². The molecule has 0 radical (unpaired) electrons. The zero-order valence-electron chi connectivity index (χ0n) is 4.26. The number of rotatable bonds is 1. The zero-order chi connectivity index (χ0) is 5.11. The van der Waals surface area contributed by atoms with Crippen LogP contribution in [0.2, 0.25) is 0 Å². The van der Waals surface area contributed by atoms with Crippen molar-refractivity contribution in [1.29, 1.82) is 0 Å². The van der Waals surface area contributed by atoms with Crippen molar-refractivity contribution in [3.05, 3.63) is 0 Å². The Hall–Kier alpha value is 0.517. The summed E-state index contributed by atoms with van der Waals surface area (Å²) >= 11 is 0. The Morgan fingerprint density at radius 3 is 2.62 bits per heavy atom. The summed E-state index contributed by atoms with van der Waals surface area (Å²) in [6.07, 6.45) is 2.31. The molecule has 1 rings (SSSR count). The maximum absolute atomic E-state index is 8.44. The van der Waals surface area contributed by atoms with E-state index in [1.165, 1.54) is 0 Å². The van der Waals surface area contributed by atoms with Gasteiger partial charge >= 0.3 is 18.9 Å². The number of aliphatic hydroxyl groups is 1. The molecular weight excluding hydrogens is 99.0 g/mol. The number of aliphatic hydroxyl groups excluding tert-OH is 1. The second-order valence-electron chi connectivity index (χ2n) is 1.82. The predicted octanol–water partition coefficient (Wildman–Crippen LogP) is -0.491. The van der Waals surface area contributed by atoms with Crippen LogP contribution >= 0.6 is 0 Å². The Labute approximate surface area is 61.4 Å². The zero-order valence-corrected chi connectivity index (χ0v) is 4.26. The fraction of sp³-hybridized carbons (Fsp3) is 1.00. The molecule has 0 bridgehead atoms. The Bertz CT molecular complexity index is 52.4. The van der Waals surface area contributed by atoms with E-state index in [9.17, 15) is 0 Å². The van der Waals surface area contributed by atoms with E-state index in [0.29, 0.717) is 0 Å². The molecule has 44 valence electrons. The first-order valence-electron chi connectivity index (χ1n) is 2.66. The molecule has 1 heterocycles. The van der Waals surface area contributed by atoms with Gasteiger partial charge in [0.15, 0.2) is 0 Å². The van der Waals surface area contributed by atoms with Crippen LogP contribution in [0.3, 0.4) is 0 Å². The van der Waals surface area contributed by atoms with E-state index in [2.05, 4.69) is 0 Å². The molecule has 1 unspecified atom stereocenters. The van der Waals surface area contributed by atoms with E-state index in [0.717, 1.165) is 19.4 Å².